The van der Waals surface area contributed by atoms with Crippen LogP contribution in [0.5, 0.6) is 5.75 Å². The number of nitrogens with one attached hydrogen (secondary N) is 2. The topological polar surface area (TPSA) is 112 Å². The van der Waals surface area contributed by atoms with E-state index in [4.69, 9.17) is 15.2 Å². The van der Waals surface area contributed by atoms with Crippen molar-refractivity contribution in [2.24, 2.45) is 0 Å². The molecule has 1 aromatic carbocycles. The Kier molecular flexibility index (Phi) is 7.77. The first-order valence-corrected chi connectivity index (χ1v) is 8.09. The summed E-state index contributed by atoms with van der Waals surface area (Å²) < 4.78 is 15.1. The third-order valence-corrected chi connectivity index (χ3v) is 3.10. The number of nitrogens with two attached hydrogens (primary N) is 1. The molecule has 0 radical (unpaired) electrons. The molecule has 1 aromatic rings. The lowest BCUT2D eigenvalue weighted by molar-refractivity contribution is 0.0532. The number of anilines is 2. The van der Waals surface area contributed by atoms with E-state index in [0.717, 1.165) is 0 Å². The van der Waals surface area contributed by atoms with Gasteiger partial charge in [-0.3, -0.25) is 0 Å². The van der Waals surface area contributed by atoms with Gasteiger partial charge in [-0.15, -0.1) is 0 Å². The van der Waals surface area contributed by atoms with Gasteiger partial charge in [-0.25, -0.2) is 9.59 Å². The lowest BCUT2D eigenvalue weighted by atomic mass is 10.1. The molecule has 0 saturated carbocycles. The summed E-state index contributed by atoms with van der Waals surface area (Å²) in [6, 6.07) is 3.07. The average Bonchev–Trinajstić information content (AvgIpc) is 2.56. The van der Waals surface area contributed by atoms with Crippen LogP contribution in [0.25, 0.3) is 0 Å². The highest BCUT2D eigenvalue weighted by atomic mass is 16.6. The largest absolute Gasteiger partial charge is 0.494 e. The standard InChI is InChI=1S/C18H27N3O5/c1-18(2,3)26-17(23)21-9-7-6-8-20-15-13(19)10-12(16(22)25-5)11-14(15)24-4/h6-7,10-11,20H,8-9,19H2,1-5H3,(H,21,23)/b7-6+. The smallest absolute Gasteiger partial charge is 0.407 e. The number of rotatable bonds is 7. The summed E-state index contributed by atoms with van der Waals surface area (Å²) in [5, 5.41) is 5.73. The van der Waals surface area contributed by atoms with E-state index in [1.807, 2.05) is 6.08 Å². The second-order valence-electron chi connectivity index (χ2n) is 6.37. The van der Waals surface area contributed by atoms with Gasteiger partial charge in [0, 0.05) is 13.1 Å². The van der Waals surface area contributed by atoms with Crippen LogP contribution in [0.1, 0.15) is 31.1 Å². The summed E-state index contributed by atoms with van der Waals surface area (Å²) in [6.07, 6.45) is 3.13. The number of carbonyl (C=O) groups is 2. The van der Waals surface area contributed by atoms with E-state index in [1.54, 1.807) is 32.9 Å². The number of nitrogen functional groups attached to an aromatic ring is 1. The fourth-order valence-electron chi connectivity index (χ4n) is 2.01. The molecule has 8 heteroatoms. The predicted molar refractivity (Wildman–Crippen MR) is 101 cm³/mol. The average molecular weight is 365 g/mol. The number of alkyl carbamates (subject to hydrolysis) is 1. The minimum Gasteiger partial charge on any atom is -0.494 e. The van der Waals surface area contributed by atoms with E-state index in [1.165, 1.54) is 20.3 Å². The number of amides is 1. The van der Waals surface area contributed by atoms with Crippen molar-refractivity contribution >= 4 is 23.4 Å². The molecule has 1 amide bonds. The molecule has 1 rings (SSSR count). The first-order valence-electron chi connectivity index (χ1n) is 8.09. The van der Waals surface area contributed by atoms with Crippen molar-refractivity contribution in [2.45, 2.75) is 26.4 Å². The Morgan fingerprint density at radius 3 is 2.38 bits per heavy atom. The Bertz CT molecular complexity index is 666. The normalized spacial score (nSPS) is 11.1. The van der Waals surface area contributed by atoms with E-state index < -0.39 is 17.7 Å². The zero-order valence-corrected chi connectivity index (χ0v) is 15.8. The molecule has 0 aromatic heterocycles. The summed E-state index contributed by atoms with van der Waals surface area (Å²) in [5.74, 6) is -0.0552. The lowest BCUT2D eigenvalue weighted by Crippen LogP contribution is -2.32. The van der Waals surface area contributed by atoms with Crippen LogP contribution in [-0.4, -0.2) is 45.0 Å². The van der Waals surface area contributed by atoms with Gasteiger partial charge >= 0.3 is 12.1 Å². The highest BCUT2D eigenvalue weighted by molar-refractivity contribution is 5.93. The molecule has 0 aliphatic rings. The van der Waals surface area contributed by atoms with Gasteiger partial charge in [0.1, 0.15) is 17.0 Å². The minimum absolute atomic E-state index is 0.310. The van der Waals surface area contributed by atoms with Crippen LogP contribution in [0.4, 0.5) is 16.2 Å². The second-order valence-corrected chi connectivity index (χ2v) is 6.37. The van der Waals surface area contributed by atoms with Crippen molar-refractivity contribution in [3.05, 3.63) is 29.8 Å². The molecule has 8 nitrogen and oxygen atoms in total. The Labute approximate surface area is 153 Å². The molecule has 0 atom stereocenters. The molecule has 26 heavy (non-hydrogen) atoms. The number of methoxy groups -OCH3 is 2. The molecule has 0 heterocycles. The van der Waals surface area contributed by atoms with Crippen LogP contribution in [0, 0.1) is 0 Å². The van der Waals surface area contributed by atoms with Crippen LogP contribution in [-0.2, 0) is 9.47 Å². The van der Waals surface area contributed by atoms with Crippen molar-refractivity contribution in [3.8, 4) is 5.75 Å². The number of hydrogen-bond acceptors (Lipinski definition) is 7. The number of ether oxygens (including phenoxy) is 3. The number of benzene rings is 1. The highest BCUT2D eigenvalue weighted by Crippen LogP contribution is 2.32. The fourth-order valence-corrected chi connectivity index (χ4v) is 2.01. The van der Waals surface area contributed by atoms with Crippen LogP contribution in [0.15, 0.2) is 24.3 Å². The van der Waals surface area contributed by atoms with Gasteiger partial charge < -0.3 is 30.6 Å². The van der Waals surface area contributed by atoms with E-state index in [2.05, 4.69) is 15.4 Å². The van der Waals surface area contributed by atoms with Gasteiger partial charge in [0.15, 0.2) is 0 Å². The molecule has 0 aliphatic carbocycles. The van der Waals surface area contributed by atoms with Gasteiger partial charge in [-0.1, -0.05) is 12.2 Å². The van der Waals surface area contributed by atoms with E-state index in [9.17, 15) is 9.59 Å². The van der Waals surface area contributed by atoms with Crippen molar-refractivity contribution in [3.63, 3.8) is 0 Å². The fraction of sp³-hybridized carbons (Fsp3) is 0.444. The lowest BCUT2D eigenvalue weighted by Gasteiger charge is -2.19. The zero-order chi connectivity index (χ0) is 19.7. The summed E-state index contributed by atoms with van der Waals surface area (Å²) in [6.45, 7) is 6.19. The van der Waals surface area contributed by atoms with Crippen molar-refractivity contribution in [1.29, 1.82) is 0 Å². The molecular formula is C18H27N3O5. The van der Waals surface area contributed by atoms with Crippen LogP contribution >= 0.6 is 0 Å². The minimum atomic E-state index is -0.528. The van der Waals surface area contributed by atoms with Gasteiger partial charge in [0.2, 0.25) is 0 Å². The third kappa shape index (κ3) is 6.92. The molecule has 4 N–H and O–H groups in total. The van der Waals surface area contributed by atoms with Gasteiger partial charge in [-0.05, 0) is 32.9 Å². The molecule has 0 spiro atoms. The van der Waals surface area contributed by atoms with Crippen LogP contribution in [0.3, 0.4) is 0 Å². The monoisotopic (exact) mass is 365 g/mol. The van der Waals surface area contributed by atoms with Gasteiger partial charge in [0.25, 0.3) is 0 Å². The Balaban J connectivity index is 2.57. The van der Waals surface area contributed by atoms with Gasteiger partial charge in [-0.2, -0.15) is 0 Å². The summed E-state index contributed by atoms with van der Waals surface area (Å²) in [5.41, 5.74) is 6.70. The van der Waals surface area contributed by atoms with Crippen molar-refractivity contribution in [1.82, 2.24) is 5.32 Å². The Morgan fingerprint density at radius 1 is 1.15 bits per heavy atom. The number of esters is 1. The van der Waals surface area contributed by atoms with E-state index >= 15 is 0 Å². The summed E-state index contributed by atoms with van der Waals surface area (Å²) in [4.78, 5) is 23.1. The number of hydrogen-bond donors (Lipinski definition) is 3. The highest BCUT2D eigenvalue weighted by Gasteiger charge is 2.15. The van der Waals surface area contributed by atoms with E-state index in [-0.39, 0.29) is 0 Å². The molecule has 144 valence electrons. The molecular weight excluding hydrogens is 338 g/mol. The quantitative estimate of drug-likeness (QED) is 0.387. The second kappa shape index (κ2) is 9.55. The maximum Gasteiger partial charge on any atom is 0.407 e. The van der Waals surface area contributed by atoms with Crippen molar-refractivity contribution < 1.29 is 23.8 Å². The summed E-state index contributed by atoms with van der Waals surface area (Å²) >= 11 is 0. The van der Waals surface area contributed by atoms with Crippen molar-refractivity contribution in [2.75, 3.05) is 38.4 Å². The number of carbonyl (C=O) groups excluding carboxylic acids is 2. The predicted octanol–water partition coefficient (Wildman–Crippen LogP) is 2.56. The zero-order valence-electron chi connectivity index (χ0n) is 15.8. The first-order chi connectivity index (χ1) is 12.2. The van der Waals surface area contributed by atoms with E-state index in [0.29, 0.717) is 35.8 Å². The Hall–Kier alpha value is -2.90. The molecule has 0 unspecified atom stereocenters. The molecule has 0 aliphatic heterocycles. The maximum absolute atomic E-state index is 11.6. The third-order valence-electron chi connectivity index (χ3n) is 3.10. The van der Waals surface area contributed by atoms with Gasteiger partial charge in [0.05, 0.1) is 25.5 Å². The molecule has 0 fully saturated rings. The SMILES string of the molecule is COC(=O)c1cc(N)c(NC/C=C/CNC(=O)OC(C)(C)C)c(OC)c1. The Morgan fingerprint density at radius 2 is 1.81 bits per heavy atom. The van der Waals surface area contributed by atoms with Crippen LogP contribution in [0.2, 0.25) is 0 Å². The first kappa shape index (κ1) is 21.1. The van der Waals surface area contributed by atoms with Crippen LogP contribution < -0.4 is 21.1 Å². The molecule has 0 bridgehead atoms. The summed E-state index contributed by atoms with van der Waals surface area (Å²) in [7, 11) is 2.79. The molecule has 0 saturated heterocycles. The maximum atomic E-state index is 11.6.